The number of benzene rings is 1. The summed E-state index contributed by atoms with van der Waals surface area (Å²) in [5.41, 5.74) is -2.09. The van der Waals surface area contributed by atoms with Crippen molar-refractivity contribution < 1.29 is 82.5 Å². The van der Waals surface area contributed by atoms with Gasteiger partial charge in [-0.15, -0.1) is 56.7 Å². The van der Waals surface area contributed by atoms with Crippen LogP contribution in [0.4, 0.5) is 0 Å². The minimum Gasteiger partial charge on any atom is -0.506 e. The van der Waals surface area contributed by atoms with Crippen LogP contribution >= 0.6 is 56.7 Å². The lowest BCUT2D eigenvalue weighted by atomic mass is 9.85. The van der Waals surface area contributed by atoms with Crippen molar-refractivity contribution in [2.24, 2.45) is 0 Å². The number of rotatable bonds is 11. The van der Waals surface area contributed by atoms with Crippen LogP contribution in [0.15, 0.2) is 56.9 Å². The smallest absolute Gasteiger partial charge is 0.358 e. The summed E-state index contributed by atoms with van der Waals surface area (Å²) in [5, 5.41) is 68.8. The summed E-state index contributed by atoms with van der Waals surface area (Å²) in [6.07, 6.45) is -6.80. The first-order valence-corrected chi connectivity index (χ1v) is 35.3. The predicted molar refractivity (Wildman–Crippen MR) is 360 cm³/mol. The normalized spacial score (nSPS) is 24.1. The van der Waals surface area contributed by atoms with E-state index in [0.717, 1.165) is 63.2 Å². The number of likely N-dealkylation sites (N-methyl/N-ethyl adjacent to an activating group) is 1. The fourth-order valence-corrected chi connectivity index (χ4v) is 16.3. The third-order valence-electron chi connectivity index (χ3n) is 16.8. The number of hydrogen-bond donors (Lipinski definition) is 9. The van der Waals surface area contributed by atoms with Gasteiger partial charge in [0.2, 0.25) is 5.91 Å². The Morgan fingerprint density at radius 1 is 0.838 bits per heavy atom. The number of allylic oxidation sites excluding steroid dienone is 1. The first kappa shape index (κ1) is 70.1. The zero-order valence-electron chi connectivity index (χ0n) is 54.5. The molecule has 7 aromatic heterocycles. The van der Waals surface area contributed by atoms with Crippen molar-refractivity contribution in [2.45, 2.75) is 114 Å². The minimum atomic E-state index is -1.90. The van der Waals surface area contributed by atoms with E-state index in [1.807, 2.05) is 19.0 Å². The van der Waals surface area contributed by atoms with Crippen LogP contribution in [0.1, 0.15) is 131 Å². The van der Waals surface area contributed by atoms with E-state index in [4.69, 9.17) is 43.4 Å². The number of hydrogen-bond acceptors (Lipinski definition) is 30. The van der Waals surface area contributed by atoms with Crippen LogP contribution < -0.4 is 26.6 Å². The van der Waals surface area contributed by atoms with Gasteiger partial charge in [-0.25, -0.2) is 39.5 Å². The van der Waals surface area contributed by atoms with E-state index in [9.17, 15) is 39.7 Å². The van der Waals surface area contributed by atoms with Crippen LogP contribution in [-0.4, -0.2) is 210 Å². The summed E-state index contributed by atoms with van der Waals surface area (Å²) >= 11 is 4.74. The monoisotopic (exact) mass is 1450 g/mol. The standard InChI is InChI=1S/C63H68N14O17S5/c1-26(78)42-55(84)73-43(27(2)89-9)58-69-37(25-97-58)54(83)74-46-48-49(94-40-17-63(4,87)50(76(7)8)28(3)93-40)62(86)91-18-29-12-10-13-38-41(29)31(19-90-48)47(77(38)88)61(85)92-20-32(65-52(81)35-24-99-60(46)70-35)57-66-33(21-96-57)44-30(56-67-36(23-95-56)53(82)72-42)16-39(79)45(71-44)59-68-34(22-98-59)51(80)64-14-11-15-75(5)6/h10,12-13,16,21-26,28,32,40,42,46,48-50,78-79,87-88H,11,14-15,17-20H2,1-9H3,(H,64,80)(H,65,81)(H,72,82)(H,73,84)(H,74,83)/b43-27+/t26-,28+,32+,40+,42+,46+,48+,49+,50-,63+/m1/s1. The molecule has 31 nitrogen and oxygen atoms in total. The van der Waals surface area contributed by atoms with Gasteiger partial charge in [-0.3, -0.25) is 24.0 Å². The quantitative estimate of drug-likeness (QED) is 0.0362. The van der Waals surface area contributed by atoms with Gasteiger partial charge < -0.3 is 85.3 Å². The summed E-state index contributed by atoms with van der Waals surface area (Å²) in [5.74, 6) is -6.62. The Bertz CT molecular complexity index is 4490. The maximum Gasteiger partial charge on any atom is 0.358 e. The number of carbonyl (C=O) groups is 7. The van der Waals surface area contributed by atoms with Gasteiger partial charge >= 0.3 is 11.9 Å². The van der Waals surface area contributed by atoms with E-state index in [-0.39, 0.29) is 105 Å². The first-order valence-electron chi connectivity index (χ1n) is 30.9. The molecule has 1 saturated heterocycles. The summed E-state index contributed by atoms with van der Waals surface area (Å²) < 4.78 is 38.3. The van der Waals surface area contributed by atoms with Gasteiger partial charge in [-0.1, -0.05) is 12.1 Å². The molecule has 8 aromatic rings. The number of nitrogens with one attached hydrogen (secondary N) is 5. The molecule has 0 saturated carbocycles. The summed E-state index contributed by atoms with van der Waals surface area (Å²) in [6.45, 7) is 5.45. The van der Waals surface area contributed by atoms with Gasteiger partial charge in [0.1, 0.15) is 120 Å². The van der Waals surface area contributed by atoms with Crippen molar-refractivity contribution in [3.8, 4) is 38.4 Å². The average molecular weight is 1450 g/mol. The Morgan fingerprint density at radius 2 is 1.52 bits per heavy atom. The van der Waals surface area contributed by atoms with Crippen molar-refractivity contribution in [1.29, 1.82) is 0 Å². The number of ether oxygens (including phenoxy) is 6. The lowest BCUT2D eigenvalue weighted by Crippen LogP contribution is -2.62. The highest BCUT2D eigenvalue weighted by Gasteiger charge is 2.50. The number of methoxy groups -OCH3 is 1. The Morgan fingerprint density at radius 3 is 2.24 bits per heavy atom. The number of thiazole rings is 5. The fraction of sp³-hybridized carbons (Fsp3) is 0.413. The van der Waals surface area contributed by atoms with Gasteiger partial charge in [0.05, 0.1) is 43.1 Å². The molecule has 10 atom stereocenters. The molecule has 99 heavy (non-hydrogen) atoms. The van der Waals surface area contributed by atoms with Gasteiger partial charge in [0, 0.05) is 56.4 Å². The highest BCUT2D eigenvalue weighted by Crippen LogP contribution is 2.43. The number of aliphatic hydroxyl groups excluding tert-OH is 1. The number of amides is 5. The number of carbonyl (C=O) groups excluding carboxylic acids is 7. The second-order valence-corrected chi connectivity index (χ2v) is 28.8. The average Bonchev–Trinajstić information content (AvgIpc) is 1.65. The third kappa shape index (κ3) is 14.4. The van der Waals surface area contributed by atoms with E-state index >= 15 is 14.4 Å². The number of aromatic nitrogens is 7. The SMILES string of the molecule is CO/C(C)=C1/NC(=O)[C@H]([C@@H](C)O)NC(=O)c2csc(n2)-c2cc(O)c(-c3nc(C(=O)NCCCN(C)C)cs3)nc2-c2csc(n2)[C@@H]2COC(=O)c3c4c5c(cccc5n3O)COC(=O)[C@@H](O[C@H]3C[C@](C)(O)[C@H](N(C)C)[C@H](C)O3)[C@@H](OC4)[C@H](NC(=O)c3csc1n3)c1nc(cs1)C(=O)N2. The van der Waals surface area contributed by atoms with Crippen LogP contribution in [0.2, 0.25) is 0 Å². The van der Waals surface area contributed by atoms with E-state index < -0.39 is 133 Å². The van der Waals surface area contributed by atoms with Gasteiger partial charge in [-0.05, 0) is 86.5 Å². The molecule has 0 spiro atoms. The second-order valence-electron chi connectivity index (χ2n) is 24.4. The molecule has 1 aromatic carbocycles. The molecular weight excluding hydrogens is 1390 g/mol. The molecule has 5 amide bonds. The molecule has 36 heteroatoms. The number of nitrogens with zero attached hydrogens (tertiary/aromatic N) is 9. The van der Waals surface area contributed by atoms with Crippen molar-refractivity contribution in [1.82, 2.24) is 71.0 Å². The van der Waals surface area contributed by atoms with E-state index in [0.29, 0.717) is 23.3 Å². The largest absolute Gasteiger partial charge is 0.506 e. The van der Waals surface area contributed by atoms with Crippen LogP contribution in [0.3, 0.4) is 0 Å². The number of pyridine rings is 1. The van der Waals surface area contributed by atoms with Crippen LogP contribution in [0.25, 0.3) is 49.3 Å². The number of esters is 2. The number of aromatic hydroxyl groups is 1. The molecule has 9 N–H and O–H groups in total. The zero-order valence-corrected chi connectivity index (χ0v) is 58.6. The minimum absolute atomic E-state index is 0.00147. The maximum atomic E-state index is 15.2. The van der Waals surface area contributed by atoms with E-state index in [1.165, 1.54) is 54.6 Å². The molecule has 0 unspecified atom stereocenters. The van der Waals surface area contributed by atoms with Gasteiger partial charge in [0.15, 0.2) is 18.1 Å². The van der Waals surface area contributed by atoms with Crippen LogP contribution in [0.5, 0.6) is 5.75 Å². The molecule has 0 aliphatic carbocycles. The first-order chi connectivity index (χ1) is 47.3. The highest BCUT2D eigenvalue weighted by atomic mass is 32.1. The number of aliphatic hydroxyl groups is 2. The van der Waals surface area contributed by atoms with E-state index in [1.54, 1.807) is 50.4 Å². The highest BCUT2D eigenvalue weighted by molar-refractivity contribution is 7.14. The predicted octanol–water partition coefficient (Wildman–Crippen LogP) is 4.84. The topological polar surface area (TPSA) is 405 Å². The summed E-state index contributed by atoms with van der Waals surface area (Å²) in [7, 11) is 8.71. The molecule has 522 valence electrons. The summed E-state index contributed by atoms with van der Waals surface area (Å²) in [6, 6.07) is 0.853. The van der Waals surface area contributed by atoms with Crippen LogP contribution in [-0.2, 0) is 51.2 Å². The number of cyclic esters (lactones) is 2. The van der Waals surface area contributed by atoms with Crippen molar-refractivity contribution in [2.75, 3.05) is 55.0 Å². The lowest BCUT2D eigenvalue weighted by molar-refractivity contribution is -0.280. The molecule has 11 heterocycles. The van der Waals surface area contributed by atoms with Crippen molar-refractivity contribution in [3.63, 3.8) is 0 Å². The Kier molecular flexibility index (Phi) is 20.4. The number of fused-ring (bicyclic) bond motifs is 15. The second kappa shape index (κ2) is 28.8. The molecule has 4 aliphatic rings. The Labute approximate surface area is 584 Å². The fourth-order valence-electron chi connectivity index (χ4n) is 12.2. The Hall–Kier alpha value is -8.79. The van der Waals surface area contributed by atoms with Crippen molar-refractivity contribution in [3.05, 3.63) is 112 Å². The maximum absolute atomic E-state index is 15.2. The lowest BCUT2D eigenvalue weighted by Gasteiger charge is -2.48. The molecule has 12 bridgehead atoms. The third-order valence-corrected chi connectivity index (χ3v) is 21.3. The van der Waals surface area contributed by atoms with Gasteiger partial charge in [0.25, 0.3) is 23.6 Å². The summed E-state index contributed by atoms with van der Waals surface area (Å²) in [4.78, 5) is 135. The van der Waals surface area contributed by atoms with Gasteiger partial charge in [-0.2, -0.15) is 4.73 Å². The zero-order chi connectivity index (χ0) is 70.5. The molecule has 4 aliphatic heterocycles. The molecule has 0 radical (unpaired) electrons. The molecule has 1 fully saturated rings. The Balaban J connectivity index is 1.03. The molecule has 12 rings (SSSR count). The van der Waals surface area contributed by atoms with Crippen molar-refractivity contribution >= 4 is 115 Å². The molecular formula is C63H68N14O17S5. The van der Waals surface area contributed by atoms with E-state index in [2.05, 4.69) is 41.5 Å². The van der Waals surface area contributed by atoms with Crippen LogP contribution in [0, 0.1) is 0 Å².